The summed E-state index contributed by atoms with van der Waals surface area (Å²) in [6.45, 7) is 0. The van der Waals surface area contributed by atoms with Gasteiger partial charge in [-0.3, -0.25) is 4.79 Å². The number of aromatic nitrogens is 1. The zero-order valence-electron chi connectivity index (χ0n) is 15.6. The number of nitrogens with zero attached hydrogens (tertiary/aromatic N) is 1. The smallest absolute Gasteiger partial charge is 0.257 e. The van der Waals surface area contributed by atoms with Crippen LogP contribution in [0.5, 0.6) is 0 Å². The average Bonchev–Trinajstić information content (AvgIpc) is 3.20. The van der Waals surface area contributed by atoms with E-state index in [2.05, 4.69) is 26.2 Å². The highest BCUT2D eigenvalue weighted by Crippen LogP contribution is 2.35. The van der Waals surface area contributed by atoms with Crippen molar-refractivity contribution in [2.24, 2.45) is 0 Å². The van der Waals surface area contributed by atoms with Crippen LogP contribution in [0.4, 0.5) is 10.1 Å². The first-order chi connectivity index (χ1) is 14.6. The summed E-state index contributed by atoms with van der Waals surface area (Å²) < 4.78 is 20.5. The van der Waals surface area contributed by atoms with Crippen LogP contribution in [-0.4, -0.2) is 16.6 Å². The van der Waals surface area contributed by atoms with Gasteiger partial charge in [0.15, 0.2) is 5.76 Å². The monoisotopic (exact) mass is 482 g/mol. The SMILES string of the molecule is O=C(CSc1nc(-c2ccccc2)c(-c2ccccc2)o1)Nc1ccc(Br)cc1F. The highest BCUT2D eigenvalue weighted by atomic mass is 79.9. The molecule has 0 unspecified atom stereocenters. The number of halogens is 2. The van der Waals surface area contributed by atoms with Crippen LogP contribution in [0.25, 0.3) is 22.6 Å². The Morgan fingerprint density at radius 2 is 1.67 bits per heavy atom. The van der Waals surface area contributed by atoms with Gasteiger partial charge in [-0.25, -0.2) is 9.37 Å². The summed E-state index contributed by atoms with van der Waals surface area (Å²) in [5, 5.41) is 2.94. The van der Waals surface area contributed by atoms with E-state index in [1.807, 2.05) is 60.7 Å². The number of oxazole rings is 1. The molecule has 1 amide bonds. The minimum atomic E-state index is -0.503. The highest BCUT2D eigenvalue weighted by molar-refractivity contribution is 9.10. The number of nitrogens with one attached hydrogen (secondary N) is 1. The summed E-state index contributed by atoms with van der Waals surface area (Å²) in [5.41, 5.74) is 2.67. The van der Waals surface area contributed by atoms with Crippen molar-refractivity contribution in [1.82, 2.24) is 4.98 Å². The van der Waals surface area contributed by atoms with Crippen LogP contribution in [0.15, 0.2) is 93.0 Å². The second-order valence-corrected chi connectivity index (χ2v) is 8.19. The third-order valence-electron chi connectivity index (χ3n) is 4.22. The van der Waals surface area contributed by atoms with E-state index in [4.69, 9.17) is 4.42 Å². The van der Waals surface area contributed by atoms with Crippen LogP contribution in [0.2, 0.25) is 0 Å². The molecule has 0 radical (unpaired) electrons. The lowest BCUT2D eigenvalue weighted by Crippen LogP contribution is -2.15. The number of amides is 1. The first-order valence-corrected chi connectivity index (χ1v) is 10.9. The highest BCUT2D eigenvalue weighted by Gasteiger charge is 2.18. The van der Waals surface area contributed by atoms with Gasteiger partial charge in [-0.15, -0.1) is 0 Å². The van der Waals surface area contributed by atoms with Gasteiger partial charge < -0.3 is 9.73 Å². The van der Waals surface area contributed by atoms with Crippen molar-refractivity contribution in [3.8, 4) is 22.6 Å². The molecule has 4 rings (SSSR count). The van der Waals surface area contributed by atoms with Gasteiger partial charge in [0.2, 0.25) is 5.91 Å². The average molecular weight is 483 g/mol. The zero-order valence-corrected chi connectivity index (χ0v) is 18.0. The first kappa shape index (κ1) is 20.4. The molecule has 30 heavy (non-hydrogen) atoms. The molecule has 7 heteroatoms. The molecule has 0 fully saturated rings. The Morgan fingerprint density at radius 3 is 2.33 bits per heavy atom. The molecule has 0 spiro atoms. The molecule has 1 aromatic heterocycles. The number of carbonyl (C=O) groups excluding carboxylic acids is 1. The molecule has 4 nitrogen and oxygen atoms in total. The number of hydrogen-bond donors (Lipinski definition) is 1. The third-order valence-corrected chi connectivity index (χ3v) is 5.54. The van der Waals surface area contributed by atoms with Crippen molar-refractivity contribution in [2.45, 2.75) is 5.22 Å². The number of carbonyl (C=O) groups is 1. The van der Waals surface area contributed by atoms with E-state index in [1.54, 1.807) is 6.07 Å². The van der Waals surface area contributed by atoms with E-state index in [-0.39, 0.29) is 17.3 Å². The molecule has 0 atom stereocenters. The molecule has 1 heterocycles. The Morgan fingerprint density at radius 1 is 1.00 bits per heavy atom. The van der Waals surface area contributed by atoms with Crippen LogP contribution < -0.4 is 5.32 Å². The summed E-state index contributed by atoms with van der Waals surface area (Å²) in [6, 6.07) is 23.9. The fraction of sp³-hybridized carbons (Fsp3) is 0.0435. The number of benzene rings is 3. The minimum absolute atomic E-state index is 0.0402. The molecular formula is C23H16BrFN2O2S. The van der Waals surface area contributed by atoms with Gasteiger partial charge in [0.25, 0.3) is 5.22 Å². The predicted molar refractivity (Wildman–Crippen MR) is 121 cm³/mol. The number of hydrogen-bond acceptors (Lipinski definition) is 4. The third kappa shape index (κ3) is 4.80. The van der Waals surface area contributed by atoms with Crippen molar-refractivity contribution >= 4 is 39.3 Å². The van der Waals surface area contributed by atoms with Crippen LogP contribution >= 0.6 is 27.7 Å². The largest absolute Gasteiger partial charge is 0.431 e. The lowest BCUT2D eigenvalue weighted by atomic mass is 10.1. The van der Waals surface area contributed by atoms with E-state index >= 15 is 0 Å². The van der Waals surface area contributed by atoms with Crippen LogP contribution in [0, 0.1) is 5.82 Å². The Kier molecular flexibility index (Phi) is 6.30. The lowest BCUT2D eigenvalue weighted by Gasteiger charge is -2.05. The molecule has 3 aromatic carbocycles. The zero-order chi connectivity index (χ0) is 20.9. The van der Waals surface area contributed by atoms with Crippen LogP contribution in [0.1, 0.15) is 0 Å². The standard InChI is InChI=1S/C23H16BrFN2O2S/c24-17-11-12-19(18(25)13-17)26-20(28)14-30-23-27-21(15-7-3-1-4-8-15)22(29-23)16-9-5-2-6-10-16/h1-13H,14H2,(H,26,28). The summed E-state index contributed by atoms with van der Waals surface area (Å²) >= 11 is 4.35. The van der Waals surface area contributed by atoms with E-state index in [0.717, 1.165) is 22.9 Å². The van der Waals surface area contributed by atoms with E-state index < -0.39 is 5.82 Å². The van der Waals surface area contributed by atoms with Gasteiger partial charge in [0.1, 0.15) is 11.5 Å². The summed E-state index contributed by atoms with van der Waals surface area (Å²) in [7, 11) is 0. The van der Waals surface area contributed by atoms with Crippen molar-refractivity contribution in [2.75, 3.05) is 11.1 Å². The van der Waals surface area contributed by atoms with Crippen LogP contribution in [0.3, 0.4) is 0 Å². The molecule has 1 N–H and O–H groups in total. The maximum Gasteiger partial charge on any atom is 0.257 e. The summed E-state index contributed by atoms with van der Waals surface area (Å²) in [5.74, 6) is -0.166. The lowest BCUT2D eigenvalue weighted by molar-refractivity contribution is -0.113. The molecule has 0 aliphatic heterocycles. The summed E-state index contributed by atoms with van der Waals surface area (Å²) in [4.78, 5) is 16.9. The van der Waals surface area contributed by atoms with E-state index in [9.17, 15) is 9.18 Å². The van der Waals surface area contributed by atoms with E-state index in [0.29, 0.717) is 21.1 Å². The Labute approximate surface area is 185 Å². The predicted octanol–water partition coefficient (Wildman–Crippen LogP) is 6.64. The normalized spacial score (nSPS) is 10.7. The van der Waals surface area contributed by atoms with Gasteiger partial charge in [0.05, 0.1) is 11.4 Å². The topological polar surface area (TPSA) is 55.1 Å². The van der Waals surface area contributed by atoms with Crippen LogP contribution in [-0.2, 0) is 4.79 Å². The Balaban J connectivity index is 1.53. The quantitative estimate of drug-likeness (QED) is 0.313. The first-order valence-electron chi connectivity index (χ1n) is 9.09. The van der Waals surface area contributed by atoms with E-state index in [1.165, 1.54) is 12.1 Å². The Hall–Kier alpha value is -2.90. The van der Waals surface area contributed by atoms with Gasteiger partial charge >= 0.3 is 0 Å². The van der Waals surface area contributed by atoms with Crippen molar-refractivity contribution < 1.29 is 13.6 Å². The second kappa shape index (κ2) is 9.28. The Bertz CT molecular complexity index is 1110. The van der Waals surface area contributed by atoms with Gasteiger partial charge in [-0.05, 0) is 18.2 Å². The second-order valence-electron chi connectivity index (χ2n) is 6.35. The number of thioether (sulfide) groups is 1. The molecular weight excluding hydrogens is 467 g/mol. The van der Waals surface area contributed by atoms with Crippen molar-refractivity contribution in [3.63, 3.8) is 0 Å². The van der Waals surface area contributed by atoms with Crippen molar-refractivity contribution in [3.05, 3.63) is 89.2 Å². The van der Waals surface area contributed by atoms with Crippen molar-refractivity contribution in [1.29, 1.82) is 0 Å². The molecule has 0 aliphatic rings. The maximum absolute atomic E-state index is 13.9. The fourth-order valence-electron chi connectivity index (χ4n) is 2.84. The molecule has 4 aromatic rings. The van der Waals surface area contributed by atoms with Gasteiger partial charge in [-0.1, -0.05) is 88.4 Å². The van der Waals surface area contributed by atoms with Gasteiger partial charge in [-0.2, -0.15) is 0 Å². The minimum Gasteiger partial charge on any atom is -0.431 e. The number of anilines is 1. The molecule has 0 bridgehead atoms. The number of rotatable bonds is 6. The molecule has 0 aliphatic carbocycles. The molecule has 0 saturated carbocycles. The van der Waals surface area contributed by atoms with Gasteiger partial charge in [0, 0.05) is 15.6 Å². The summed E-state index contributed by atoms with van der Waals surface area (Å²) in [6.07, 6.45) is 0. The maximum atomic E-state index is 13.9. The molecule has 0 saturated heterocycles. The molecule has 150 valence electrons. The fourth-order valence-corrected chi connectivity index (χ4v) is 3.80.